The van der Waals surface area contributed by atoms with E-state index in [9.17, 15) is 4.79 Å². The predicted molar refractivity (Wildman–Crippen MR) is 77.6 cm³/mol. The number of carbonyl (C=O) groups excluding carboxylic acids is 1. The van der Waals surface area contributed by atoms with E-state index in [0.29, 0.717) is 18.1 Å². The lowest BCUT2D eigenvalue weighted by Gasteiger charge is -2.13. The molecule has 0 aliphatic carbocycles. The van der Waals surface area contributed by atoms with E-state index in [2.05, 4.69) is 20.2 Å². The number of aromatic nitrogens is 4. The van der Waals surface area contributed by atoms with E-state index in [1.807, 2.05) is 16.8 Å². The number of nitrogens with one attached hydrogen (secondary N) is 1. The van der Waals surface area contributed by atoms with Crippen LogP contribution in [-0.4, -0.2) is 38.0 Å². The Bertz CT molecular complexity index is 689. The molecule has 0 aromatic carbocycles. The highest BCUT2D eigenvalue weighted by atomic mass is 32.1. The smallest absolute Gasteiger partial charge is 0.273 e. The van der Waals surface area contributed by atoms with Gasteiger partial charge in [-0.15, -0.1) is 11.3 Å². The molecule has 1 N–H and O–H groups in total. The molecule has 0 aliphatic heterocycles. The Hall–Kier alpha value is -2.06. The molecule has 0 spiro atoms. The Kier molecular flexibility index (Phi) is 3.57. The van der Waals surface area contributed by atoms with Crippen LogP contribution in [0.2, 0.25) is 0 Å². The summed E-state index contributed by atoms with van der Waals surface area (Å²) in [4.78, 5) is 22.2. The standard InChI is InChI=1S/C12H11N5OS2/c1-17(4-10-13-7-14-16-10)12(18)9-6-20-11(15-9)8-2-3-19-5-8/h2-3,5-7H,4H2,1H3,(H,13,14,16). The molecule has 0 unspecified atom stereocenters. The van der Waals surface area contributed by atoms with Gasteiger partial charge >= 0.3 is 0 Å². The third kappa shape index (κ3) is 2.61. The second-order valence-electron chi connectivity index (χ2n) is 4.14. The highest BCUT2D eigenvalue weighted by Gasteiger charge is 2.17. The van der Waals surface area contributed by atoms with Crippen LogP contribution in [0.15, 0.2) is 28.5 Å². The number of hydrogen-bond donors (Lipinski definition) is 1. The molecule has 20 heavy (non-hydrogen) atoms. The van der Waals surface area contributed by atoms with Crippen molar-refractivity contribution in [2.45, 2.75) is 6.54 Å². The van der Waals surface area contributed by atoms with Gasteiger partial charge in [0.25, 0.3) is 5.91 Å². The number of thiazole rings is 1. The van der Waals surface area contributed by atoms with Crippen molar-refractivity contribution < 1.29 is 4.79 Å². The molecule has 6 nitrogen and oxygen atoms in total. The first-order valence-corrected chi connectivity index (χ1v) is 7.64. The maximum absolute atomic E-state index is 12.3. The molecule has 3 rings (SSSR count). The molecule has 3 aromatic rings. The summed E-state index contributed by atoms with van der Waals surface area (Å²) in [6, 6.07) is 2.00. The zero-order valence-electron chi connectivity index (χ0n) is 10.6. The lowest BCUT2D eigenvalue weighted by atomic mass is 10.3. The number of hydrogen-bond acceptors (Lipinski definition) is 6. The van der Waals surface area contributed by atoms with Crippen molar-refractivity contribution in [3.63, 3.8) is 0 Å². The van der Waals surface area contributed by atoms with Gasteiger partial charge in [0.2, 0.25) is 0 Å². The first-order valence-electron chi connectivity index (χ1n) is 5.82. The summed E-state index contributed by atoms with van der Waals surface area (Å²) in [6.07, 6.45) is 1.42. The molecule has 1 amide bonds. The van der Waals surface area contributed by atoms with Crippen LogP contribution in [0.1, 0.15) is 16.3 Å². The fourth-order valence-corrected chi connectivity index (χ4v) is 3.20. The average molecular weight is 305 g/mol. The van der Waals surface area contributed by atoms with Crippen LogP contribution in [0.5, 0.6) is 0 Å². The molecule has 3 aromatic heterocycles. The van der Waals surface area contributed by atoms with Gasteiger partial charge in [-0.3, -0.25) is 9.89 Å². The monoisotopic (exact) mass is 305 g/mol. The van der Waals surface area contributed by atoms with Gasteiger partial charge in [-0.2, -0.15) is 16.4 Å². The second-order valence-corrected chi connectivity index (χ2v) is 5.78. The topological polar surface area (TPSA) is 74.8 Å². The minimum absolute atomic E-state index is 0.126. The van der Waals surface area contributed by atoms with E-state index in [1.54, 1.807) is 28.7 Å². The van der Waals surface area contributed by atoms with Crippen molar-refractivity contribution in [1.29, 1.82) is 0 Å². The molecule has 3 heterocycles. The number of nitrogens with zero attached hydrogens (tertiary/aromatic N) is 4. The van der Waals surface area contributed by atoms with E-state index in [1.165, 1.54) is 17.7 Å². The van der Waals surface area contributed by atoms with Crippen LogP contribution in [0, 0.1) is 0 Å². The molecule has 0 atom stereocenters. The van der Waals surface area contributed by atoms with Crippen molar-refractivity contribution in [2.24, 2.45) is 0 Å². The van der Waals surface area contributed by atoms with Crippen molar-refractivity contribution in [3.8, 4) is 10.6 Å². The van der Waals surface area contributed by atoms with Gasteiger partial charge < -0.3 is 4.90 Å². The SMILES string of the molecule is CN(Cc1ncn[nH]1)C(=O)c1csc(-c2ccsc2)n1. The summed E-state index contributed by atoms with van der Waals surface area (Å²) < 4.78 is 0. The number of carbonyl (C=O) groups is 1. The Morgan fingerprint density at radius 1 is 1.45 bits per heavy atom. The van der Waals surface area contributed by atoms with Crippen molar-refractivity contribution >= 4 is 28.6 Å². The van der Waals surface area contributed by atoms with Gasteiger partial charge in [0.05, 0.1) is 6.54 Å². The number of aromatic amines is 1. The number of rotatable bonds is 4. The van der Waals surface area contributed by atoms with Crippen molar-refractivity contribution in [2.75, 3.05) is 7.05 Å². The van der Waals surface area contributed by atoms with Gasteiger partial charge in [0.1, 0.15) is 22.9 Å². The summed E-state index contributed by atoms with van der Waals surface area (Å²) >= 11 is 3.09. The molecular formula is C12H11N5OS2. The maximum Gasteiger partial charge on any atom is 0.273 e. The minimum Gasteiger partial charge on any atom is -0.333 e. The molecular weight excluding hydrogens is 294 g/mol. The summed E-state index contributed by atoms with van der Waals surface area (Å²) in [5.74, 6) is 0.522. The molecule has 0 bridgehead atoms. The second kappa shape index (κ2) is 5.51. The van der Waals surface area contributed by atoms with E-state index in [-0.39, 0.29) is 5.91 Å². The molecule has 0 radical (unpaired) electrons. The van der Waals surface area contributed by atoms with Crippen LogP contribution in [0.25, 0.3) is 10.6 Å². The zero-order chi connectivity index (χ0) is 13.9. The quantitative estimate of drug-likeness (QED) is 0.802. The van der Waals surface area contributed by atoms with Crippen LogP contribution in [0.3, 0.4) is 0 Å². The number of H-pyrrole nitrogens is 1. The van der Waals surface area contributed by atoms with E-state index >= 15 is 0 Å². The molecule has 0 saturated heterocycles. The van der Waals surface area contributed by atoms with Crippen LogP contribution in [0.4, 0.5) is 0 Å². The largest absolute Gasteiger partial charge is 0.333 e. The van der Waals surface area contributed by atoms with Gasteiger partial charge in [0.15, 0.2) is 0 Å². The number of amides is 1. The van der Waals surface area contributed by atoms with E-state index < -0.39 is 0 Å². The van der Waals surface area contributed by atoms with Crippen molar-refractivity contribution in [1.82, 2.24) is 25.1 Å². The Labute approximate surface area is 123 Å². The van der Waals surface area contributed by atoms with E-state index in [4.69, 9.17) is 0 Å². The van der Waals surface area contributed by atoms with Crippen molar-refractivity contribution in [3.05, 3.63) is 40.1 Å². The average Bonchev–Trinajstić information content (AvgIpc) is 3.18. The highest BCUT2D eigenvalue weighted by molar-refractivity contribution is 7.14. The summed E-state index contributed by atoms with van der Waals surface area (Å²) in [6.45, 7) is 0.379. The first kappa shape index (κ1) is 12.9. The fourth-order valence-electron chi connectivity index (χ4n) is 1.69. The Balaban J connectivity index is 1.74. The Morgan fingerprint density at radius 2 is 2.35 bits per heavy atom. The summed E-state index contributed by atoms with van der Waals surface area (Å²) in [7, 11) is 1.72. The van der Waals surface area contributed by atoms with E-state index in [0.717, 1.165) is 10.6 Å². The minimum atomic E-state index is -0.126. The zero-order valence-corrected chi connectivity index (χ0v) is 12.2. The fraction of sp³-hybridized carbons (Fsp3) is 0.167. The lowest BCUT2D eigenvalue weighted by Crippen LogP contribution is -2.27. The predicted octanol–water partition coefficient (Wildman–Crippen LogP) is 2.26. The van der Waals surface area contributed by atoms with Gasteiger partial charge in [0, 0.05) is 23.4 Å². The van der Waals surface area contributed by atoms with Gasteiger partial charge in [-0.1, -0.05) is 0 Å². The van der Waals surface area contributed by atoms with Gasteiger partial charge in [-0.25, -0.2) is 9.97 Å². The molecule has 0 saturated carbocycles. The normalized spacial score (nSPS) is 10.7. The summed E-state index contributed by atoms with van der Waals surface area (Å²) in [5, 5.41) is 13.2. The van der Waals surface area contributed by atoms with Crippen LogP contribution >= 0.6 is 22.7 Å². The third-order valence-corrected chi connectivity index (χ3v) is 4.26. The number of thiophene rings is 1. The maximum atomic E-state index is 12.3. The highest BCUT2D eigenvalue weighted by Crippen LogP contribution is 2.26. The first-order chi connectivity index (χ1) is 9.74. The van der Waals surface area contributed by atoms with Crippen LogP contribution in [-0.2, 0) is 6.54 Å². The molecule has 8 heteroatoms. The van der Waals surface area contributed by atoms with Crippen LogP contribution < -0.4 is 0 Å². The lowest BCUT2D eigenvalue weighted by molar-refractivity contribution is 0.0777. The summed E-state index contributed by atoms with van der Waals surface area (Å²) in [5.41, 5.74) is 1.51. The van der Waals surface area contributed by atoms with Gasteiger partial charge in [-0.05, 0) is 11.4 Å². The molecule has 0 fully saturated rings. The third-order valence-electron chi connectivity index (χ3n) is 2.69. The molecule has 0 aliphatic rings. The Morgan fingerprint density at radius 3 is 3.05 bits per heavy atom. The molecule has 102 valence electrons.